The Labute approximate surface area is 142 Å². The van der Waals surface area contributed by atoms with E-state index in [9.17, 15) is 9.59 Å². The molecule has 0 unspecified atom stereocenters. The smallest absolute Gasteiger partial charge is 0.262 e. The van der Waals surface area contributed by atoms with Gasteiger partial charge < -0.3 is 15.4 Å². The van der Waals surface area contributed by atoms with Crippen LogP contribution >= 0.6 is 0 Å². The maximum atomic E-state index is 12.1. The highest BCUT2D eigenvalue weighted by atomic mass is 16.5. The van der Waals surface area contributed by atoms with Crippen LogP contribution in [0.5, 0.6) is 5.75 Å². The number of nitrogens with one attached hydrogen (secondary N) is 2. The van der Waals surface area contributed by atoms with Gasteiger partial charge in [0.05, 0.1) is 0 Å². The number of hydrogen-bond acceptors (Lipinski definition) is 3. The molecule has 126 valence electrons. The van der Waals surface area contributed by atoms with E-state index in [0.717, 1.165) is 11.1 Å². The number of carbonyl (C=O) groups excluding carboxylic acids is 2. The zero-order chi connectivity index (χ0) is 17.7. The van der Waals surface area contributed by atoms with Crippen LogP contribution in [-0.4, -0.2) is 18.4 Å². The van der Waals surface area contributed by atoms with Gasteiger partial charge in [-0.05, 0) is 61.7 Å². The summed E-state index contributed by atoms with van der Waals surface area (Å²) in [5.41, 5.74) is 4.42. The van der Waals surface area contributed by atoms with E-state index in [-0.39, 0.29) is 18.4 Å². The molecule has 0 fully saturated rings. The van der Waals surface area contributed by atoms with E-state index in [2.05, 4.69) is 10.6 Å². The summed E-state index contributed by atoms with van der Waals surface area (Å²) >= 11 is 0. The summed E-state index contributed by atoms with van der Waals surface area (Å²) in [6.45, 7) is 7.23. The van der Waals surface area contributed by atoms with Crippen LogP contribution < -0.4 is 15.4 Å². The van der Waals surface area contributed by atoms with Crippen LogP contribution in [0.1, 0.15) is 23.6 Å². The van der Waals surface area contributed by atoms with Gasteiger partial charge in [0.25, 0.3) is 5.91 Å². The Hall–Kier alpha value is -2.82. The van der Waals surface area contributed by atoms with Crippen LogP contribution in [0.2, 0.25) is 0 Å². The molecule has 2 N–H and O–H groups in total. The molecule has 0 aliphatic heterocycles. The highest BCUT2D eigenvalue weighted by Crippen LogP contribution is 2.23. The van der Waals surface area contributed by atoms with E-state index in [4.69, 9.17) is 4.74 Å². The zero-order valence-corrected chi connectivity index (χ0v) is 14.4. The molecule has 5 nitrogen and oxygen atoms in total. The molecule has 0 saturated carbocycles. The monoisotopic (exact) mass is 326 g/mol. The summed E-state index contributed by atoms with van der Waals surface area (Å²) in [4.78, 5) is 23.3. The minimum Gasteiger partial charge on any atom is -0.484 e. The predicted octanol–water partition coefficient (Wildman–Crippen LogP) is 3.59. The minimum atomic E-state index is -0.253. The van der Waals surface area contributed by atoms with Crippen LogP contribution in [0.15, 0.2) is 36.4 Å². The Morgan fingerprint density at radius 3 is 2.25 bits per heavy atom. The van der Waals surface area contributed by atoms with Crippen LogP contribution in [0, 0.1) is 20.8 Å². The highest BCUT2D eigenvalue weighted by Gasteiger charge is 2.09. The maximum Gasteiger partial charge on any atom is 0.262 e. The molecule has 2 amide bonds. The quantitative estimate of drug-likeness (QED) is 0.882. The first-order valence-corrected chi connectivity index (χ1v) is 7.74. The third kappa shape index (κ3) is 4.59. The Morgan fingerprint density at radius 2 is 1.62 bits per heavy atom. The van der Waals surface area contributed by atoms with Crippen LogP contribution in [0.4, 0.5) is 11.4 Å². The third-order valence-electron chi connectivity index (χ3n) is 3.77. The lowest BCUT2D eigenvalue weighted by Gasteiger charge is -2.13. The van der Waals surface area contributed by atoms with Gasteiger partial charge in [-0.15, -0.1) is 0 Å². The Bertz CT molecular complexity index is 769. The second kappa shape index (κ2) is 7.64. The van der Waals surface area contributed by atoms with Crippen molar-refractivity contribution in [3.63, 3.8) is 0 Å². The van der Waals surface area contributed by atoms with Gasteiger partial charge >= 0.3 is 0 Å². The molecule has 0 heterocycles. The lowest BCUT2D eigenvalue weighted by molar-refractivity contribution is -0.118. The van der Waals surface area contributed by atoms with Gasteiger partial charge in [-0.1, -0.05) is 12.1 Å². The fourth-order valence-corrected chi connectivity index (χ4v) is 2.23. The van der Waals surface area contributed by atoms with Crippen LogP contribution in [0.3, 0.4) is 0 Å². The number of anilines is 2. The molecular formula is C19H22N2O3. The topological polar surface area (TPSA) is 67.4 Å². The average Bonchev–Trinajstić information content (AvgIpc) is 2.52. The molecule has 2 aromatic carbocycles. The summed E-state index contributed by atoms with van der Waals surface area (Å²) in [7, 11) is 0. The van der Waals surface area contributed by atoms with Crippen LogP contribution in [-0.2, 0) is 9.59 Å². The predicted molar refractivity (Wildman–Crippen MR) is 95.5 cm³/mol. The molecule has 5 heteroatoms. The molecule has 0 spiro atoms. The van der Waals surface area contributed by atoms with E-state index in [1.165, 1.54) is 12.5 Å². The van der Waals surface area contributed by atoms with Crippen molar-refractivity contribution < 1.29 is 14.3 Å². The van der Waals surface area contributed by atoms with E-state index in [0.29, 0.717) is 17.1 Å². The molecule has 0 aliphatic carbocycles. The molecule has 0 radical (unpaired) electrons. The first-order chi connectivity index (χ1) is 11.4. The van der Waals surface area contributed by atoms with Crippen molar-refractivity contribution in [2.24, 2.45) is 0 Å². The summed E-state index contributed by atoms with van der Waals surface area (Å²) in [6, 6.07) is 11.1. The summed E-state index contributed by atoms with van der Waals surface area (Å²) < 4.78 is 5.53. The molecule has 2 rings (SSSR count). The number of rotatable bonds is 5. The Kier molecular flexibility index (Phi) is 5.58. The van der Waals surface area contributed by atoms with Crippen LogP contribution in [0.25, 0.3) is 0 Å². The largest absolute Gasteiger partial charge is 0.484 e. The van der Waals surface area contributed by atoms with Crippen molar-refractivity contribution in [2.75, 3.05) is 17.2 Å². The number of aryl methyl sites for hydroxylation is 2. The average molecular weight is 326 g/mol. The molecule has 0 atom stereocenters. The zero-order valence-electron chi connectivity index (χ0n) is 14.4. The number of benzene rings is 2. The SMILES string of the molecule is CC(=O)Nc1cccc(NC(=O)COc2ccc(C)c(C)c2)c1C. The first kappa shape index (κ1) is 17.5. The van der Waals surface area contributed by atoms with Gasteiger partial charge in [0.15, 0.2) is 6.61 Å². The van der Waals surface area contributed by atoms with Crippen molar-refractivity contribution in [1.29, 1.82) is 0 Å². The normalized spacial score (nSPS) is 10.2. The second-order valence-electron chi connectivity index (χ2n) is 5.74. The van der Waals surface area contributed by atoms with E-state index >= 15 is 0 Å². The molecule has 0 saturated heterocycles. The Balaban J connectivity index is 1.99. The fraction of sp³-hybridized carbons (Fsp3) is 0.263. The lowest BCUT2D eigenvalue weighted by Crippen LogP contribution is -2.21. The molecule has 0 aromatic heterocycles. The summed E-state index contributed by atoms with van der Waals surface area (Å²) in [5.74, 6) is 0.257. The summed E-state index contributed by atoms with van der Waals surface area (Å²) in [5, 5.41) is 5.54. The van der Waals surface area contributed by atoms with Gasteiger partial charge in [0, 0.05) is 18.3 Å². The van der Waals surface area contributed by atoms with Crippen molar-refractivity contribution in [2.45, 2.75) is 27.7 Å². The molecule has 24 heavy (non-hydrogen) atoms. The second-order valence-corrected chi connectivity index (χ2v) is 5.74. The number of hydrogen-bond donors (Lipinski definition) is 2. The van der Waals surface area contributed by atoms with Crippen molar-refractivity contribution in [3.8, 4) is 5.75 Å². The fourth-order valence-electron chi connectivity index (χ4n) is 2.23. The third-order valence-corrected chi connectivity index (χ3v) is 3.77. The molecule has 0 bridgehead atoms. The van der Waals surface area contributed by atoms with Gasteiger partial charge in [-0.2, -0.15) is 0 Å². The van der Waals surface area contributed by atoms with Crippen molar-refractivity contribution >= 4 is 23.2 Å². The van der Waals surface area contributed by atoms with Gasteiger partial charge in [0.1, 0.15) is 5.75 Å². The van der Waals surface area contributed by atoms with Gasteiger partial charge in [-0.3, -0.25) is 9.59 Å². The highest BCUT2D eigenvalue weighted by molar-refractivity contribution is 5.95. The molecule has 2 aromatic rings. The molecular weight excluding hydrogens is 304 g/mol. The van der Waals surface area contributed by atoms with Gasteiger partial charge in [-0.25, -0.2) is 0 Å². The molecule has 0 aliphatic rings. The first-order valence-electron chi connectivity index (χ1n) is 7.74. The standard InChI is InChI=1S/C19H22N2O3/c1-12-8-9-16(10-13(12)2)24-11-19(23)21-18-7-5-6-17(14(18)3)20-15(4)22/h5-10H,11H2,1-4H3,(H,20,22)(H,21,23). The number of carbonyl (C=O) groups is 2. The van der Waals surface area contributed by atoms with E-state index < -0.39 is 0 Å². The minimum absolute atomic E-state index is 0.0771. The summed E-state index contributed by atoms with van der Waals surface area (Å²) in [6.07, 6.45) is 0. The van der Waals surface area contributed by atoms with E-state index in [1.807, 2.05) is 39.0 Å². The van der Waals surface area contributed by atoms with E-state index in [1.54, 1.807) is 18.2 Å². The number of amides is 2. The maximum absolute atomic E-state index is 12.1. The lowest BCUT2D eigenvalue weighted by atomic mass is 10.1. The Morgan fingerprint density at radius 1 is 0.958 bits per heavy atom. The van der Waals surface area contributed by atoms with Crippen molar-refractivity contribution in [3.05, 3.63) is 53.1 Å². The van der Waals surface area contributed by atoms with Crippen molar-refractivity contribution in [1.82, 2.24) is 0 Å². The van der Waals surface area contributed by atoms with Gasteiger partial charge in [0.2, 0.25) is 5.91 Å². The number of ether oxygens (including phenoxy) is 1.